The molecule has 0 bridgehead atoms. The molecule has 0 amide bonds. The Bertz CT molecular complexity index is 397. The van der Waals surface area contributed by atoms with Gasteiger partial charge in [0.25, 0.3) is 0 Å². The number of nitrogens with two attached hydrogens (primary N) is 2. The molecule has 1 aliphatic carbocycles. The van der Waals surface area contributed by atoms with Gasteiger partial charge in [-0.05, 0) is 37.3 Å². The number of hydrogen-bond acceptors (Lipinski definition) is 3. The molecule has 1 saturated carbocycles. The number of aryl methyl sites for hydroxylation is 1. The van der Waals surface area contributed by atoms with Crippen LogP contribution in [0.3, 0.4) is 0 Å². The van der Waals surface area contributed by atoms with E-state index >= 15 is 0 Å². The first-order chi connectivity index (χ1) is 8.11. The number of aromatic hydroxyl groups is 1. The third-order valence-electron chi connectivity index (χ3n) is 3.96. The van der Waals surface area contributed by atoms with Crippen LogP contribution in [0, 0.1) is 12.8 Å². The molecule has 5 N–H and O–H groups in total. The van der Waals surface area contributed by atoms with Crippen molar-refractivity contribution in [1.82, 2.24) is 0 Å². The van der Waals surface area contributed by atoms with Crippen LogP contribution in [-0.4, -0.2) is 5.11 Å². The van der Waals surface area contributed by atoms with Gasteiger partial charge in [0, 0.05) is 11.6 Å². The summed E-state index contributed by atoms with van der Waals surface area (Å²) in [6.45, 7) is 1.98. The standard InChI is InChI=1S/C14H22N2O/c1-9-7-8-11(15)14(17)12(9)13(16)10-5-3-2-4-6-10/h7-8,10,13,17H,2-6,15-16H2,1H3/t13-/m1/s1. The first-order valence-electron chi connectivity index (χ1n) is 6.44. The number of benzene rings is 1. The molecule has 0 unspecified atom stereocenters. The van der Waals surface area contributed by atoms with Crippen molar-refractivity contribution >= 4 is 5.69 Å². The number of phenolic OH excluding ortho intramolecular Hbond substituents is 1. The number of rotatable bonds is 2. The third kappa shape index (κ3) is 2.39. The summed E-state index contributed by atoms with van der Waals surface area (Å²) < 4.78 is 0. The van der Waals surface area contributed by atoms with E-state index in [0.717, 1.165) is 24.0 Å². The quantitative estimate of drug-likeness (QED) is 0.544. The molecule has 1 atom stereocenters. The average molecular weight is 234 g/mol. The normalized spacial score (nSPS) is 19.2. The van der Waals surface area contributed by atoms with Gasteiger partial charge < -0.3 is 16.6 Å². The fourth-order valence-corrected chi connectivity index (χ4v) is 2.88. The zero-order valence-corrected chi connectivity index (χ0v) is 10.4. The fourth-order valence-electron chi connectivity index (χ4n) is 2.88. The van der Waals surface area contributed by atoms with Gasteiger partial charge in [-0.15, -0.1) is 0 Å². The molecule has 1 aliphatic rings. The Balaban J connectivity index is 2.29. The van der Waals surface area contributed by atoms with Gasteiger partial charge in [0.15, 0.2) is 0 Å². The highest BCUT2D eigenvalue weighted by molar-refractivity contribution is 5.59. The van der Waals surface area contributed by atoms with Gasteiger partial charge in [0.1, 0.15) is 5.75 Å². The summed E-state index contributed by atoms with van der Waals surface area (Å²) in [7, 11) is 0. The van der Waals surface area contributed by atoms with Crippen LogP contribution in [0.1, 0.15) is 49.3 Å². The van der Waals surface area contributed by atoms with E-state index in [2.05, 4.69) is 0 Å². The molecular formula is C14H22N2O. The fraction of sp³-hybridized carbons (Fsp3) is 0.571. The molecule has 0 radical (unpaired) electrons. The Labute approximate surface area is 103 Å². The number of hydrogen-bond donors (Lipinski definition) is 3. The lowest BCUT2D eigenvalue weighted by Crippen LogP contribution is -2.24. The van der Waals surface area contributed by atoms with E-state index in [0.29, 0.717) is 11.6 Å². The molecule has 0 aromatic heterocycles. The van der Waals surface area contributed by atoms with Crippen molar-refractivity contribution in [3.63, 3.8) is 0 Å². The monoisotopic (exact) mass is 234 g/mol. The molecule has 3 heteroatoms. The van der Waals surface area contributed by atoms with E-state index in [-0.39, 0.29) is 11.8 Å². The van der Waals surface area contributed by atoms with E-state index < -0.39 is 0 Å². The lowest BCUT2D eigenvalue weighted by Gasteiger charge is -2.29. The zero-order chi connectivity index (χ0) is 12.4. The van der Waals surface area contributed by atoms with E-state index in [4.69, 9.17) is 11.5 Å². The van der Waals surface area contributed by atoms with E-state index in [1.165, 1.54) is 19.3 Å². The maximum absolute atomic E-state index is 10.1. The highest BCUT2D eigenvalue weighted by Gasteiger charge is 2.25. The molecular weight excluding hydrogens is 212 g/mol. The maximum atomic E-state index is 10.1. The molecule has 94 valence electrons. The summed E-state index contributed by atoms with van der Waals surface area (Å²) in [4.78, 5) is 0. The molecule has 1 aromatic carbocycles. The second-order valence-corrected chi connectivity index (χ2v) is 5.16. The van der Waals surface area contributed by atoms with Crippen LogP contribution in [0.5, 0.6) is 5.75 Å². The molecule has 1 fully saturated rings. The summed E-state index contributed by atoms with van der Waals surface area (Å²) >= 11 is 0. The third-order valence-corrected chi connectivity index (χ3v) is 3.96. The van der Waals surface area contributed by atoms with Crippen molar-refractivity contribution in [1.29, 1.82) is 0 Å². The molecule has 3 nitrogen and oxygen atoms in total. The minimum atomic E-state index is -0.0844. The summed E-state index contributed by atoms with van der Waals surface area (Å²) in [6.07, 6.45) is 6.13. The van der Waals surface area contributed by atoms with Gasteiger partial charge >= 0.3 is 0 Å². The van der Waals surface area contributed by atoms with Crippen LogP contribution in [0.2, 0.25) is 0 Å². The van der Waals surface area contributed by atoms with Crippen molar-refractivity contribution in [2.45, 2.75) is 45.1 Å². The smallest absolute Gasteiger partial charge is 0.143 e. The minimum Gasteiger partial charge on any atom is -0.505 e. The largest absolute Gasteiger partial charge is 0.505 e. The minimum absolute atomic E-state index is 0.0844. The first-order valence-corrected chi connectivity index (χ1v) is 6.44. The molecule has 0 saturated heterocycles. The highest BCUT2D eigenvalue weighted by atomic mass is 16.3. The second-order valence-electron chi connectivity index (χ2n) is 5.16. The summed E-state index contributed by atoms with van der Waals surface area (Å²) in [5, 5.41) is 10.1. The van der Waals surface area contributed by atoms with Crippen molar-refractivity contribution < 1.29 is 5.11 Å². The van der Waals surface area contributed by atoms with Crippen LogP contribution >= 0.6 is 0 Å². The average Bonchev–Trinajstić information content (AvgIpc) is 2.35. The lowest BCUT2D eigenvalue weighted by atomic mass is 9.80. The van der Waals surface area contributed by atoms with E-state index in [1.807, 2.05) is 13.0 Å². The van der Waals surface area contributed by atoms with Gasteiger partial charge in [-0.2, -0.15) is 0 Å². The molecule has 1 aromatic rings. The summed E-state index contributed by atoms with van der Waals surface area (Å²) in [5.74, 6) is 0.665. The van der Waals surface area contributed by atoms with Crippen molar-refractivity contribution in [3.8, 4) is 5.75 Å². The van der Waals surface area contributed by atoms with Gasteiger partial charge in [0.2, 0.25) is 0 Å². The number of phenols is 1. The van der Waals surface area contributed by atoms with Gasteiger partial charge in [-0.1, -0.05) is 25.3 Å². The summed E-state index contributed by atoms with van der Waals surface area (Å²) in [6, 6.07) is 3.59. The lowest BCUT2D eigenvalue weighted by molar-refractivity contribution is 0.302. The highest BCUT2D eigenvalue weighted by Crippen LogP contribution is 2.39. The van der Waals surface area contributed by atoms with Crippen molar-refractivity contribution in [3.05, 3.63) is 23.3 Å². The van der Waals surface area contributed by atoms with E-state index in [9.17, 15) is 5.11 Å². The molecule has 0 aliphatic heterocycles. The molecule has 0 spiro atoms. The Kier molecular flexibility index (Phi) is 3.57. The van der Waals surface area contributed by atoms with Crippen LogP contribution in [0.15, 0.2) is 12.1 Å². The summed E-state index contributed by atoms with van der Waals surface area (Å²) in [5.41, 5.74) is 14.4. The van der Waals surface area contributed by atoms with Gasteiger partial charge in [-0.25, -0.2) is 0 Å². The van der Waals surface area contributed by atoms with Crippen LogP contribution in [-0.2, 0) is 0 Å². The van der Waals surface area contributed by atoms with Crippen LogP contribution < -0.4 is 11.5 Å². The Morgan fingerprint density at radius 1 is 1.24 bits per heavy atom. The van der Waals surface area contributed by atoms with E-state index in [1.54, 1.807) is 6.07 Å². The van der Waals surface area contributed by atoms with Crippen molar-refractivity contribution in [2.24, 2.45) is 11.7 Å². The van der Waals surface area contributed by atoms with Gasteiger partial charge in [0.05, 0.1) is 5.69 Å². The predicted octanol–water partition coefficient (Wildman–Crippen LogP) is 2.86. The topological polar surface area (TPSA) is 72.3 Å². The van der Waals surface area contributed by atoms with Gasteiger partial charge in [-0.3, -0.25) is 0 Å². The first kappa shape index (κ1) is 12.2. The van der Waals surface area contributed by atoms with Crippen molar-refractivity contribution in [2.75, 3.05) is 5.73 Å². The number of anilines is 1. The Morgan fingerprint density at radius 3 is 2.53 bits per heavy atom. The SMILES string of the molecule is Cc1ccc(N)c(O)c1[C@H](N)C1CCCCC1. The van der Waals surface area contributed by atoms with Crippen LogP contribution in [0.25, 0.3) is 0 Å². The number of nitrogen functional groups attached to an aromatic ring is 1. The zero-order valence-electron chi connectivity index (χ0n) is 10.4. The second kappa shape index (κ2) is 4.96. The molecule has 0 heterocycles. The predicted molar refractivity (Wildman–Crippen MR) is 70.8 cm³/mol. The maximum Gasteiger partial charge on any atom is 0.143 e. The molecule has 2 rings (SSSR count). The van der Waals surface area contributed by atoms with Crippen LogP contribution in [0.4, 0.5) is 5.69 Å². The Hall–Kier alpha value is -1.22. The Morgan fingerprint density at radius 2 is 1.88 bits per heavy atom. The molecule has 17 heavy (non-hydrogen) atoms.